The summed E-state index contributed by atoms with van der Waals surface area (Å²) in [6, 6.07) is 17.1. The van der Waals surface area contributed by atoms with E-state index in [1.165, 1.54) is 25.2 Å². The molecule has 586 valence electrons. The van der Waals surface area contributed by atoms with Gasteiger partial charge in [-0.15, -0.1) is 34.0 Å². The maximum Gasteiger partial charge on any atom is 0.246 e. The maximum absolute atomic E-state index is 15.1. The molecule has 4 fully saturated rings. The molecule has 1 saturated carbocycles. The number of halogens is 3. The topological polar surface area (TPSA) is 359 Å². The molecule has 25 nitrogen and oxygen atoms in total. The van der Waals surface area contributed by atoms with Crippen LogP contribution in [0.2, 0.25) is 0 Å². The summed E-state index contributed by atoms with van der Waals surface area (Å²) in [7, 11) is 0. The highest BCUT2D eigenvalue weighted by molar-refractivity contribution is 7.59. The van der Waals surface area contributed by atoms with Crippen LogP contribution in [0.5, 0.6) is 0 Å². The Morgan fingerprint density at radius 1 is 0.481 bits per heavy atom. The van der Waals surface area contributed by atoms with Gasteiger partial charge in [0.05, 0.1) is 73.9 Å². The van der Waals surface area contributed by atoms with Crippen LogP contribution >= 0.6 is 61.0 Å². The number of aromatic nitrogens is 3. The Hall–Kier alpha value is -8.36. The van der Waals surface area contributed by atoms with Crippen LogP contribution in [0.25, 0.3) is 31.3 Å². The van der Waals surface area contributed by atoms with Crippen LogP contribution < -0.4 is 31.9 Å². The molecule has 0 radical (unpaired) electrons. The number of rotatable bonds is 19. The van der Waals surface area contributed by atoms with Crippen molar-refractivity contribution < 1.29 is 71.6 Å². The average molecular weight is 1590 g/mol. The van der Waals surface area contributed by atoms with Crippen molar-refractivity contribution in [3.63, 3.8) is 0 Å². The highest BCUT2D eigenvalue weighted by Crippen LogP contribution is 2.46. The van der Waals surface area contributed by atoms with Gasteiger partial charge in [-0.25, -0.2) is 28.1 Å². The number of likely N-dealkylation sites (tertiary alicyclic amines) is 3. The second kappa shape index (κ2) is 36.9. The number of aliphatic hydroxyl groups is 3. The van der Waals surface area contributed by atoms with Crippen LogP contribution in [0, 0.1) is 53.8 Å². The monoisotopic (exact) mass is 1590 g/mol. The number of β-amino-alcohol motifs (C(OH)–C–C–N with tert-alkyl or cyclic N) is 3. The molecule has 0 spiro atoms. The quantitative estimate of drug-likeness (QED) is 0.0390. The maximum atomic E-state index is 15.1. The number of nitriles is 1. The van der Waals surface area contributed by atoms with Gasteiger partial charge in [0, 0.05) is 33.5 Å². The van der Waals surface area contributed by atoms with Crippen molar-refractivity contribution in [1.82, 2.24) is 61.6 Å². The first-order valence-corrected chi connectivity index (χ1v) is 37.3. The number of carbonyl (C=O) groups excluding carboxylic acids is 9. The van der Waals surface area contributed by atoms with Crippen LogP contribution in [0.15, 0.2) is 89.3 Å². The minimum atomic E-state index is -1.99. The van der Waals surface area contributed by atoms with Crippen molar-refractivity contribution in [2.75, 3.05) is 19.6 Å². The van der Waals surface area contributed by atoms with Crippen LogP contribution in [-0.2, 0) is 62.8 Å². The SMILES string of the molecule is CC(=O)N[C@H](C(=O)N1C[C@H](O)[C@@H](F)[C@H]1C(=O)NCc1ccc(-c2scnc2C)cc1)C(C)(C)C.CC(=O)N[C@H](C(=O)N1C[C@H](O)[C@H](F)[C@H]1C(=O)NCc1ccc(-c2scnc2C)cc1)C(C)(C)C.Cc1ncsc1-c1ccc(CNC(=O)[C@@H]2[C@@H](F)[C@@H](O)CN2C(=O)[C@@H](NC(=O)C2(C#N)CC2)C(C)(C)C)cc1.S.S. The molecule has 3 saturated heterocycles. The fraction of sp³-hybridized carbons (Fsp3) is 0.507. The summed E-state index contributed by atoms with van der Waals surface area (Å²) < 4.78 is 44.7. The average Bonchev–Trinajstić information content (AvgIpc) is 1.63. The predicted molar refractivity (Wildman–Crippen MR) is 415 cm³/mol. The zero-order valence-corrected chi connectivity index (χ0v) is 67.2. The smallest absolute Gasteiger partial charge is 0.246 e. The number of hydrogen-bond acceptors (Lipinski definition) is 19. The molecular weight excluding hydrogens is 1490 g/mol. The number of nitrogens with one attached hydrogen (secondary N) is 6. The standard InChI is InChI=1S/C27H32FN5O4S.2C24H31FN4O4S.2H2S/c1-15-21(38-14-31-15)17-7-5-16(6-8-17)11-30-23(35)20-19(28)18(34)12-33(20)24(36)22(26(2,3)4)32-25(37)27(13-29)9-10-27;2*1-13-20(34-12-27-13)16-8-6-15(7-9-16)10-26-22(32)19-18(25)17(31)11-29(19)23(33)21(24(3,4)5)28-14(2)30;;/h5-8,14,18-20,22,34H,9-12H2,1-4H3,(H,30,35)(H,32,37);2*6-9,12,17-19,21,31H,10-11H2,1-5H3,(H,26,32)(H,28,30);2*1H2/t18-,19-,20-,22+;17-,18+,19-,21+;17-,18-,19-,21+;;/m000../s1. The first-order chi connectivity index (χ1) is 49.7. The van der Waals surface area contributed by atoms with Gasteiger partial charge in [0.25, 0.3) is 0 Å². The molecular formula is C75H98F3N13O12S5. The van der Waals surface area contributed by atoms with E-state index in [9.17, 15) is 72.5 Å². The molecule has 6 aromatic rings. The zero-order valence-electron chi connectivity index (χ0n) is 62.8. The molecule has 9 N–H and O–H groups in total. The lowest BCUT2D eigenvalue weighted by atomic mass is 9.85. The molecule has 1 aliphatic carbocycles. The third kappa shape index (κ3) is 21.4. The van der Waals surface area contributed by atoms with Gasteiger partial charge in [-0.05, 0) is 83.2 Å². The molecule has 12 atom stereocenters. The number of benzene rings is 3. The number of nitrogens with zero attached hydrogens (tertiary/aromatic N) is 7. The molecule has 3 aromatic carbocycles. The number of carbonyl (C=O) groups is 9. The number of aryl methyl sites for hydroxylation is 3. The molecule has 3 aliphatic heterocycles. The number of amides is 9. The fourth-order valence-corrected chi connectivity index (χ4v) is 14.9. The van der Waals surface area contributed by atoms with Crippen LogP contribution in [0.1, 0.15) is 123 Å². The molecule has 0 unspecified atom stereocenters. The second-order valence-corrected chi connectivity index (χ2v) is 32.9. The van der Waals surface area contributed by atoms with Gasteiger partial charge in [0.2, 0.25) is 53.2 Å². The Labute approximate surface area is 652 Å². The highest BCUT2D eigenvalue weighted by Gasteiger charge is 2.56. The number of alkyl halides is 3. The van der Waals surface area contributed by atoms with Crippen LogP contribution in [0.3, 0.4) is 0 Å². The van der Waals surface area contributed by atoms with Crippen molar-refractivity contribution in [3.05, 3.63) is 123 Å². The lowest BCUT2D eigenvalue weighted by Gasteiger charge is -2.35. The van der Waals surface area contributed by atoms with Gasteiger partial charge in [0.15, 0.2) is 18.5 Å². The molecule has 4 aliphatic rings. The second-order valence-electron chi connectivity index (χ2n) is 30.4. The third-order valence-corrected chi connectivity index (χ3v) is 21.7. The van der Waals surface area contributed by atoms with Gasteiger partial charge in [-0.2, -0.15) is 32.3 Å². The summed E-state index contributed by atoms with van der Waals surface area (Å²) in [6.45, 7) is 23.5. The van der Waals surface area contributed by atoms with E-state index < -0.39 is 148 Å². The van der Waals surface area contributed by atoms with E-state index in [1.54, 1.807) is 102 Å². The van der Waals surface area contributed by atoms with E-state index in [0.29, 0.717) is 12.8 Å². The van der Waals surface area contributed by atoms with Crippen molar-refractivity contribution in [2.24, 2.45) is 21.7 Å². The molecule has 33 heteroatoms. The van der Waals surface area contributed by atoms with Crippen molar-refractivity contribution >= 4 is 114 Å². The first-order valence-electron chi connectivity index (χ1n) is 34.6. The Bertz CT molecular complexity index is 4040. The molecule has 6 heterocycles. The van der Waals surface area contributed by atoms with E-state index in [1.807, 2.05) is 99.6 Å². The molecule has 10 rings (SSSR count). The Morgan fingerprint density at radius 2 is 0.731 bits per heavy atom. The summed E-state index contributed by atoms with van der Waals surface area (Å²) in [5.74, 6) is -5.40. The molecule has 9 amide bonds. The van der Waals surface area contributed by atoms with Crippen molar-refractivity contribution in [3.8, 4) is 37.4 Å². The van der Waals surface area contributed by atoms with Crippen LogP contribution in [-0.4, -0.2) is 191 Å². The van der Waals surface area contributed by atoms with Gasteiger partial charge >= 0.3 is 0 Å². The first kappa shape index (κ1) is 88.5. The molecule has 0 bridgehead atoms. The highest BCUT2D eigenvalue weighted by atomic mass is 32.1. The van der Waals surface area contributed by atoms with E-state index in [4.69, 9.17) is 0 Å². The fourth-order valence-electron chi connectivity index (χ4n) is 12.5. The molecule has 3 aromatic heterocycles. The number of hydrogen-bond donors (Lipinski definition) is 9. The van der Waals surface area contributed by atoms with Crippen LogP contribution in [0.4, 0.5) is 13.2 Å². The summed E-state index contributed by atoms with van der Waals surface area (Å²) in [4.78, 5) is 134. The van der Waals surface area contributed by atoms with E-state index in [2.05, 4.69) is 46.9 Å². The minimum Gasteiger partial charge on any atom is -0.388 e. The van der Waals surface area contributed by atoms with Gasteiger partial charge < -0.3 is 61.9 Å². The Kier molecular flexibility index (Phi) is 30.3. The van der Waals surface area contributed by atoms with E-state index >= 15 is 4.39 Å². The lowest BCUT2D eigenvalue weighted by molar-refractivity contribution is -0.145. The van der Waals surface area contributed by atoms with Gasteiger partial charge in [-0.3, -0.25) is 43.2 Å². The van der Waals surface area contributed by atoms with Gasteiger partial charge in [-0.1, -0.05) is 135 Å². The van der Waals surface area contributed by atoms with Crippen molar-refractivity contribution in [1.29, 1.82) is 5.26 Å². The Balaban J connectivity index is 0.000000252. The largest absolute Gasteiger partial charge is 0.388 e. The predicted octanol–water partition coefficient (Wildman–Crippen LogP) is 7.10. The van der Waals surface area contributed by atoms with Gasteiger partial charge in [0.1, 0.15) is 60.0 Å². The summed E-state index contributed by atoms with van der Waals surface area (Å²) >= 11 is 4.62. The summed E-state index contributed by atoms with van der Waals surface area (Å²) in [5, 5.41) is 55.7. The number of aliphatic hydroxyl groups excluding tert-OH is 3. The van der Waals surface area contributed by atoms with E-state index in [-0.39, 0.29) is 66.3 Å². The summed E-state index contributed by atoms with van der Waals surface area (Å²) in [5.41, 5.74) is 10.3. The van der Waals surface area contributed by atoms with Crippen molar-refractivity contribution in [2.45, 2.75) is 202 Å². The normalized spacial score (nSPS) is 21.4. The third-order valence-electron chi connectivity index (χ3n) is 18.8. The summed E-state index contributed by atoms with van der Waals surface area (Å²) in [6.07, 6.45) is -9.55. The lowest BCUT2D eigenvalue weighted by Crippen LogP contribution is -2.59. The molecule has 108 heavy (non-hydrogen) atoms. The minimum absolute atomic E-state index is 0. The number of thiazole rings is 3. The van der Waals surface area contributed by atoms with E-state index in [0.717, 1.165) is 79.8 Å². The zero-order chi connectivity index (χ0) is 78.2. The Morgan fingerprint density at radius 3 is 0.935 bits per heavy atom.